The van der Waals surface area contributed by atoms with Gasteiger partial charge < -0.3 is 20.3 Å². The Labute approximate surface area is 94.6 Å². The zero-order valence-corrected chi connectivity index (χ0v) is 9.98. The molecule has 0 saturated heterocycles. The minimum Gasteiger partial charge on any atom is -0.480 e. The van der Waals surface area contributed by atoms with Crippen LogP contribution in [0.4, 0.5) is 4.79 Å². The van der Waals surface area contributed by atoms with E-state index in [9.17, 15) is 14.7 Å². The molecule has 1 amide bonds. The highest BCUT2D eigenvalue weighted by Gasteiger charge is 2.28. The van der Waals surface area contributed by atoms with Crippen molar-refractivity contribution >= 4 is 12.1 Å². The van der Waals surface area contributed by atoms with E-state index in [0.717, 1.165) is 0 Å². The van der Waals surface area contributed by atoms with Gasteiger partial charge in [-0.15, -0.1) is 0 Å². The monoisotopic (exact) mass is 233 g/mol. The van der Waals surface area contributed by atoms with Crippen molar-refractivity contribution in [2.75, 3.05) is 0 Å². The number of carbonyl (C=O) groups is 2. The van der Waals surface area contributed by atoms with Crippen LogP contribution in [0.3, 0.4) is 0 Å². The molecule has 0 aromatic heterocycles. The average Bonchev–Trinajstić information content (AvgIpc) is 2.09. The first-order chi connectivity index (χ1) is 7.17. The SMILES string of the molecule is CCC(O)[C@H](NC(=O)OC(C)(C)C)C(=O)O. The van der Waals surface area contributed by atoms with Gasteiger partial charge in [0.1, 0.15) is 5.60 Å². The van der Waals surface area contributed by atoms with Crippen molar-refractivity contribution in [3.63, 3.8) is 0 Å². The fourth-order valence-electron chi connectivity index (χ4n) is 0.993. The van der Waals surface area contributed by atoms with Crippen LogP contribution in [-0.4, -0.2) is 40.0 Å². The second-order valence-corrected chi connectivity index (χ2v) is 4.44. The fourth-order valence-corrected chi connectivity index (χ4v) is 0.993. The van der Waals surface area contributed by atoms with Crippen LogP contribution in [0.5, 0.6) is 0 Å². The minimum absolute atomic E-state index is 0.229. The maximum absolute atomic E-state index is 11.3. The fraction of sp³-hybridized carbons (Fsp3) is 0.800. The summed E-state index contributed by atoms with van der Waals surface area (Å²) in [6.45, 7) is 6.62. The van der Waals surface area contributed by atoms with Gasteiger partial charge in [0.2, 0.25) is 0 Å². The number of carboxylic acid groups (broad SMARTS) is 1. The van der Waals surface area contributed by atoms with E-state index in [-0.39, 0.29) is 6.42 Å². The lowest BCUT2D eigenvalue weighted by molar-refractivity contribution is -0.142. The molecule has 94 valence electrons. The van der Waals surface area contributed by atoms with Gasteiger partial charge in [-0.25, -0.2) is 9.59 Å². The lowest BCUT2D eigenvalue weighted by Gasteiger charge is -2.23. The highest BCUT2D eigenvalue weighted by Crippen LogP contribution is 2.08. The first-order valence-electron chi connectivity index (χ1n) is 5.07. The van der Waals surface area contributed by atoms with E-state index in [0.29, 0.717) is 0 Å². The molecule has 0 fully saturated rings. The number of rotatable bonds is 4. The van der Waals surface area contributed by atoms with Crippen LogP contribution in [0.25, 0.3) is 0 Å². The van der Waals surface area contributed by atoms with Crippen LogP contribution in [0, 0.1) is 0 Å². The molecule has 0 heterocycles. The summed E-state index contributed by atoms with van der Waals surface area (Å²) in [5, 5.41) is 20.3. The summed E-state index contributed by atoms with van der Waals surface area (Å²) in [5.74, 6) is -1.29. The second-order valence-electron chi connectivity index (χ2n) is 4.44. The van der Waals surface area contributed by atoms with Crippen LogP contribution in [0.1, 0.15) is 34.1 Å². The zero-order valence-electron chi connectivity index (χ0n) is 9.98. The van der Waals surface area contributed by atoms with Crippen LogP contribution in [0.15, 0.2) is 0 Å². The molecule has 0 aliphatic rings. The molecule has 6 heteroatoms. The second kappa shape index (κ2) is 5.69. The highest BCUT2D eigenvalue weighted by molar-refractivity contribution is 5.80. The van der Waals surface area contributed by atoms with Crippen LogP contribution < -0.4 is 5.32 Å². The van der Waals surface area contributed by atoms with E-state index in [1.165, 1.54) is 0 Å². The van der Waals surface area contributed by atoms with Gasteiger partial charge in [-0.05, 0) is 27.2 Å². The first kappa shape index (κ1) is 14.7. The number of hydrogen-bond acceptors (Lipinski definition) is 4. The topological polar surface area (TPSA) is 95.9 Å². The Morgan fingerprint density at radius 3 is 2.19 bits per heavy atom. The highest BCUT2D eigenvalue weighted by atomic mass is 16.6. The van der Waals surface area contributed by atoms with Gasteiger partial charge in [0.25, 0.3) is 0 Å². The quantitative estimate of drug-likeness (QED) is 0.665. The molecular formula is C10H19NO5. The molecule has 1 unspecified atom stereocenters. The van der Waals surface area contributed by atoms with Gasteiger partial charge in [-0.3, -0.25) is 0 Å². The van der Waals surface area contributed by atoms with E-state index in [2.05, 4.69) is 5.32 Å². The Kier molecular flexibility index (Phi) is 5.23. The maximum Gasteiger partial charge on any atom is 0.408 e. The standard InChI is InChI=1S/C10H19NO5/c1-5-6(12)7(8(13)14)11-9(15)16-10(2,3)4/h6-7,12H,5H2,1-4H3,(H,11,15)(H,13,14)/t6?,7-/m0/s1. The molecule has 3 N–H and O–H groups in total. The Balaban J connectivity index is 4.42. The van der Waals surface area contributed by atoms with E-state index in [1.807, 2.05) is 0 Å². The van der Waals surface area contributed by atoms with Crippen molar-refractivity contribution in [1.29, 1.82) is 0 Å². The molecule has 0 rings (SSSR count). The van der Waals surface area contributed by atoms with Crippen molar-refractivity contribution in [1.82, 2.24) is 5.32 Å². The number of ether oxygens (including phenoxy) is 1. The lowest BCUT2D eigenvalue weighted by atomic mass is 10.1. The summed E-state index contributed by atoms with van der Waals surface area (Å²) in [6, 6.07) is -1.35. The predicted octanol–water partition coefficient (Wildman–Crippen LogP) is 0.735. The summed E-state index contributed by atoms with van der Waals surface area (Å²) >= 11 is 0. The first-order valence-corrected chi connectivity index (χ1v) is 5.07. The third-order valence-corrected chi connectivity index (χ3v) is 1.74. The molecule has 0 bridgehead atoms. The smallest absolute Gasteiger partial charge is 0.408 e. The largest absolute Gasteiger partial charge is 0.480 e. The number of amides is 1. The summed E-state index contributed by atoms with van der Waals surface area (Å²) in [7, 11) is 0. The van der Waals surface area contributed by atoms with Gasteiger partial charge in [0.05, 0.1) is 6.10 Å². The summed E-state index contributed by atoms with van der Waals surface area (Å²) in [4.78, 5) is 22.1. The van der Waals surface area contributed by atoms with E-state index in [4.69, 9.17) is 9.84 Å². The third-order valence-electron chi connectivity index (χ3n) is 1.74. The Hall–Kier alpha value is -1.30. The van der Waals surface area contributed by atoms with Crippen molar-refractivity contribution in [3.05, 3.63) is 0 Å². The lowest BCUT2D eigenvalue weighted by Crippen LogP contribution is -2.49. The van der Waals surface area contributed by atoms with Gasteiger partial charge in [-0.1, -0.05) is 6.92 Å². The molecule has 2 atom stereocenters. The third kappa shape index (κ3) is 5.55. The van der Waals surface area contributed by atoms with Crippen LogP contribution in [-0.2, 0) is 9.53 Å². The number of aliphatic hydroxyl groups is 1. The average molecular weight is 233 g/mol. The minimum atomic E-state index is -1.35. The predicted molar refractivity (Wildman–Crippen MR) is 57.1 cm³/mol. The van der Waals surface area contributed by atoms with Crippen molar-refractivity contribution < 1.29 is 24.5 Å². The van der Waals surface area contributed by atoms with Gasteiger partial charge >= 0.3 is 12.1 Å². The van der Waals surface area contributed by atoms with Crippen molar-refractivity contribution in [2.24, 2.45) is 0 Å². The molecule has 16 heavy (non-hydrogen) atoms. The number of nitrogens with one attached hydrogen (secondary N) is 1. The molecule has 0 aliphatic heterocycles. The summed E-state index contributed by atoms with van der Waals surface area (Å²) in [6.07, 6.45) is -1.76. The number of aliphatic carboxylic acids is 1. The van der Waals surface area contributed by atoms with Crippen LogP contribution in [0.2, 0.25) is 0 Å². The molecule has 6 nitrogen and oxygen atoms in total. The molecule has 0 saturated carbocycles. The number of hydrogen-bond donors (Lipinski definition) is 3. The molecule has 0 aliphatic carbocycles. The van der Waals surface area contributed by atoms with E-state index >= 15 is 0 Å². The molecule has 0 spiro atoms. The Morgan fingerprint density at radius 2 is 1.88 bits per heavy atom. The molecular weight excluding hydrogens is 214 g/mol. The van der Waals surface area contributed by atoms with Gasteiger partial charge in [-0.2, -0.15) is 0 Å². The van der Waals surface area contributed by atoms with Gasteiger partial charge in [0.15, 0.2) is 6.04 Å². The number of aliphatic hydroxyl groups excluding tert-OH is 1. The van der Waals surface area contributed by atoms with E-state index < -0.39 is 29.8 Å². The maximum atomic E-state index is 11.3. The van der Waals surface area contributed by atoms with Gasteiger partial charge in [0, 0.05) is 0 Å². The Morgan fingerprint density at radius 1 is 1.38 bits per heavy atom. The normalized spacial score (nSPS) is 15.1. The summed E-state index contributed by atoms with van der Waals surface area (Å²) in [5.41, 5.74) is -0.704. The molecule has 0 radical (unpaired) electrons. The number of carboxylic acids is 1. The van der Waals surface area contributed by atoms with Crippen molar-refractivity contribution in [2.45, 2.75) is 51.9 Å². The molecule has 0 aromatic carbocycles. The van der Waals surface area contributed by atoms with E-state index in [1.54, 1.807) is 27.7 Å². The molecule has 0 aromatic rings. The Bertz CT molecular complexity index is 258. The zero-order chi connectivity index (χ0) is 12.9. The van der Waals surface area contributed by atoms with Crippen LogP contribution >= 0.6 is 0 Å². The number of carbonyl (C=O) groups excluding carboxylic acids is 1. The number of alkyl carbamates (subject to hydrolysis) is 1. The summed E-state index contributed by atoms with van der Waals surface area (Å²) < 4.78 is 4.89. The van der Waals surface area contributed by atoms with Crippen molar-refractivity contribution in [3.8, 4) is 0 Å².